The monoisotopic (exact) mass is 171 g/mol. The van der Waals surface area contributed by atoms with E-state index in [1.807, 2.05) is 0 Å². The van der Waals surface area contributed by atoms with Crippen LogP contribution >= 0.6 is 7.82 Å². The van der Waals surface area contributed by atoms with E-state index in [1.54, 1.807) is 0 Å². The molecule has 0 rings (SSSR count). The molecule has 0 aliphatic heterocycles. The largest absolute Gasteiger partial charge is 0.469 e. The van der Waals surface area contributed by atoms with Crippen LogP contribution in [-0.2, 0) is 9.09 Å². The normalized spacial score (nSPS) is 15.2. The molecule has 0 aromatic heterocycles. The lowest BCUT2D eigenvalue weighted by atomic mass is 10.4. The van der Waals surface area contributed by atoms with Gasteiger partial charge in [-0.25, -0.2) is 4.57 Å². The van der Waals surface area contributed by atoms with Crippen molar-refractivity contribution in [2.24, 2.45) is 5.73 Å². The second-order valence-corrected chi connectivity index (χ2v) is 2.97. The van der Waals surface area contributed by atoms with Crippen molar-refractivity contribution in [1.82, 2.24) is 0 Å². The molecule has 0 amide bonds. The summed E-state index contributed by atoms with van der Waals surface area (Å²) in [5, 5.41) is 8.27. The minimum atomic E-state index is -4.42. The van der Waals surface area contributed by atoms with Crippen molar-refractivity contribution >= 4 is 7.82 Å². The summed E-state index contributed by atoms with van der Waals surface area (Å²) in [6.45, 7) is -0.708. The zero-order valence-electron chi connectivity index (χ0n) is 5.17. The lowest BCUT2D eigenvalue weighted by Gasteiger charge is -2.08. The molecule has 0 heterocycles. The molecule has 0 saturated heterocycles. The zero-order valence-corrected chi connectivity index (χ0v) is 6.07. The summed E-state index contributed by atoms with van der Waals surface area (Å²) in [5.41, 5.74) is 5.06. The van der Waals surface area contributed by atoms with Crippen LogP contribution in [0.5, 0.6) is 0 Å². The van der Waals surface area contributed by atoms with Gasteiger partial charge in [-0.15, -0.1) is 0 Å². The predicted molar refractivity (Wildman–Crippen MR) is 33.1 cm³/mol. The van der Waals surface area contributed by atoms with Crippen LogP contribution in [0, 0.1) is 0 Å². The Hall–Kier alpha value is 0.0300. The van der Waals surface area contributed by atoms with Crippen LogP contribution in [-0.4, -0.2) is 34.1 Å². The number of aliphatic hydroxyl groups excluding tert-OH is 1. The van der Waals surface area contributed by atoms with Gasteiger partial charge in [-0.3, -0.25) is 4.52 Å². The third-order valence-electron chi connectivity index (χ3n) is 0.691. The summed E-state index contributed by atoms with van der Waals surface area (Å²) in [7, 11) is -4.42. The number of hydrogen-bond donors (Lipinski definition) is 4. The molecule has 0 unspecified atom stereocenters. The Morgan fingerprint density at radius 2 is 2.10 bits per heavy atom. The highest BCUT2D eigenvalue weighted by Gasteiger charge is 2.15. The summed E-state index contributed by atoms with van der Waals surface area (Å²) < 4.78 is 14.0. The van der Waals surface area contributed by atoms with E-state index >= 15 is 0 Å². The molecule has 0 aromatic carbocycles. The van der Waals surface area contributed by atoms with E-state index in [4.69, 9.17) is 20.6 Å². The van der Waals surface area contributed by atoms with Crippen molar-refractivity contribution in [3.05, 3.63) is 0 Å². The third kappa shape index (κ3) is 6.15. The molecule has 10 heavy (non-hydrogen) atoms. The number of phosphoric acid groups is 1. The first-order valence-corrected chi connectivity index (χ1v) is 4.05. The van der Waals surface area contributed by atoms with E-state index in [0.29, 0.717) is 0 Å². The fourth-order valence-electron chi connectivity index (χ4n) is 0.246. The second kappa shape index (κ2) is 4.02. The maximum absolute atomic E-state index is 9.99. The zero-order chi connectivity index (χ0) is 8.20. The van der Waals surface area contributed by atoms with Crippen LogP contribution in [0.25, 0.3) is 0 Å². The van der Waals surface area contributed by atoms with Crippen LogP contribution in [0.2, 0.25) is 0 Å². The topological polar surface area (TPSA) is 113 Å². The van der Waals surface area contributed by atoms with Gasteiger partial charge in [-0.05, 0) is 0 Å². The van der Waals surface area contributed by atoms with E-state index < -0.39 is 13.9 Å². The van der Waals surface area contributed by atoms with Gasteiger partial charge in [0.2, 0.25) is 0 Å². The molecule has 5 N–H and O–H groups in total. The molecular formula is C3H10NO5P. The molecule has 62 valence electrons. The summed E-state index contributed by atoms with van der Waals surface area (Å²) in [6, 6.07) is -0.743. The summed E-state index contributed by atoms with van der Waals surface area (Å²) >= 11 is 0. The van der Waals surface area contributed by atoms with Crippen LogP contribution in [0.15, 0.2) is 0 Å². The van der Waals surface area contributed by atoms with Crippen molar-refractivity contribution in [3.8, 4) is 0 Å². The Kier molecular flexibility index (Phi) is 4.04. The third-order valence-corrected chi connectivity index (χ3v) is 1.18. The molecule has 6 nitrogen and oxygen atoms in total. The van der Waals surface area contributed by atoms with Crippen LogP contribution in [0.4, 0.5) is 0 Å². The van der Waals surface area contributed by atoms with Gasteiger partial charge in [0.1, 0.15) is 0 Å². The number of aliphatic hydroxyl groups is 1. The highest BCUT2D eigenvalue weighted by atomic mass is 31.2. The van der Waals surface area contributed by atoms with Crippen molar-refractivity contribution in [2.45, 2.75) is 6.04 Å². The van der Waals surface area contributed by atoms with E-state index in [0.717, 1.165) is 0 Å². The van der Waals surface area contributed by atoms with E-state index in [1.165, 1.54) is 0 Å². The average molecular weight is 171 g/mol. The van der Waals surface area contributed by atoms with Crippen LogP contribution in [0.1, 0.15) is 0 Å². The van der Waals surface area contributed by atoms with Crippen molar-refractivity contribution < 1.29 is 24.0 Å². The molecule has 0 spiro atoms. The van der Waals surface area contributed by atoms with Crippen LogP contribution in [0.3, 0.4) is 0 Å². The molecule has 0 saturated carbocycles. The van der Waals surface area contributed by atoms with E-state index in [-0.39, 0.29) is 13.2 Å². The Balaban J connectivity index is 3.46. The number of phosphoric ester groups is 1. The van der Waals surface area contributed by atoms with Crippen molar-refractivity contribution in [2.75, 3.05) is 13.2 Å². The minimum absolute atomic E-state index is 0.346. The summed E-state index contributed by atoms with van der Waals surface area (Å²) in [4.78, 5) is 16.2. The summed E-state index contributed by atoms with van der Waals surface area (Å²) in [6.07, 6.45) is 0. The summed E-state index contributed by atoms with van der Waals surface area (Å²) in [5.74, 6) is 0. The Morgan fingerprint density at radius 1 is 1.60 bits per heavy atom. The van der Waals surface area contributed by atoms with Gasteiger partial charge in [0, 0.05) is 0 Å². The predicted octanol–water partition coefficient (Wildman–Crippen LogP) is -1.58. The Bertz CT molecular complexity index is 133. The molecule has 7 heteroatoms. The second-order valence-electron chi connectivity index (χ2n) is 1.73. The first-order chi connectivity index (χ1) is 4.45. The van der Waals surface area contributed by atoms with Gasteiger partial charge in [-0.2, -0.15) is 0 Å². The molecule has 0 bridgehead atoms. The van der Waals surface area contributed by atoms with Crippen LogP contribution < -0.4 is 5.73 Å². The quantitative estimate of drug-likeness (QED) is 0.379. The molecule has 0 aliphatic rings. The lowest BCUT2D eigenvalue weighted by molar-refractivity contribution is 0.160. The van der Waals surface area contributed by atoms with Gasteiger partial charge in [0.25, 0.3) is 0 Å². The Labute approximate surface area is 57.9 Å². The fraction of sp³-hybridized carbons (Fsp3) is 1.00. The maximum Gasteiger partial charge on any atom is 0.469 e. The van der Waals surface area contributed by atoms with Gasteiger partial charge >= 0.3 is 7.82 Å². The van der Waals surface area contributed by atoms with Gasteiger partial charge < -0.3 is 20.6 Å². The van der Waals surface area contributed by atoms with Gasteiger partial charge in [-0.1, -0.05) is 0 Å². The molecule has 0 fully saturated rings. The van der Waals surface area contributed by atoms with E-state index in [2.05, 4.69) is 4.52 Å². The van der Waals surface area contributed by atoms with Gasteiger partial charge in [0.15, 0.2) is 0 Å². The number of hydrogen-bond acceptors (Lipinski definition) is 4. The first kappa shape index (κ1) is 10.0. The standard InChI is InChI=1S/C3H10NO5P/c4-3(1-5)2-9-10(6,7)8/h3,5H,1-2,4H2,(H2,6,7,8)/t3-/m1/s1. The SMILES string of the molecule is N[C@H](CO)COP(=O)(O)O. The lowest BCUT2D eigenvalue weighted by Crippen LogP contribution is -2.29. The van der Waals surface area contributed by atoms with Crippen molar-refractivity contribution in [1.29, 1.82) is 0 Å². The maximum atomic E-state index is 9.99. The fourth-order valence-corrected chi connectivity index (χ4v) is 0.631. The smallest absolute Gasteiger partial charge is 0.395 e. The molecule has 0 aromatic rings. The first-order valence-electron chi connectivity index (χ1n) is 2.52. The highest BCUT2D eigenvalue weighted by Crippen LogP contribution is 2.35. The molecular weight excluding hydrogens is 161 g/mol. The molecule has 0 radical (unpaired) electrons. The molecule has 1 atom stereocenters. The average Bonchev–Trinajstić information content (AvgIpc) is 1.81. The number of nitrogens with two attached hydrogens (primary N) is 1. The molecule has 0 aliphatic carbocycles. The Morgan fingerprint density at radius 3 is 2.40 bits per heavy atom. The van der Waals surface area contributed by atoms with E-state index in [9.17, 15) is 4.57 Å². The number of rotatable bonds is 4. The minimum Gasteiger partial charge on any atom is -0.395 e. The van der Waals surface area contributed by atoms with Crippen molar-refractivity contribution in [3.63, 3.8) is 0 Å². The highest BCUT2D eigenvalue weighted by molar-refractivity contribution is 7.46. The van der Waals surface area contributed by atoms with Gasteiger partial charge in [0.05, 0.1) is 19.3 Å².